The van der Waals surface area contributed by atoms with Gasteiger partial charge in [-0.3, -0.25) is 4.79 Å². The summed E-state index contributed by atoms with van der Waals surface area (Å²) in [5.74, 6) is 0.729. The van der Waals surface area contributed by atoms with Crippen LogP contribution in [0.25, 0.3) is 11.6 Å². The molecule has 0 bridgehead atoms. The van der Waals surface area contributed by atoms with Gasteiger partial charge in [0.2, 0.25) is 5.91 Å². The lowest BCUT2D eigenvalue weighted by Crippen LogP contribution is -2.36. The first kappa shape index (κ1) is 19.4. The number of rotatable bonds is 6. The SMILES string of the molecule is CCCOc1ccc(F)c2c1N(C(=O)CBr)CC(c1ccc(OC)cc1)=C2. The summed E-state index contributed by atoms with van der Waals surface area (Å²) in [7, 11) is 1.61. The van der Waals surface area contributed by atoms with Gasteiger partial charge in [-0.2, -0.15) is 0 Å². The highest BCUT2D eigenvalue weighted by Gasteiger charge is 2.29. The number of alkyl halides is 1. The molecule has 6 heteroatoms. The molecule has 4 nitrogen and oxygen atoms in total. The Morgan fingerprint density at radius 1 is 1.22 bits per heavy atom. The molecule has 1 aliphatic heterocycles. The van der Waals surface area contributed by atoms with Crippen molar-refractivity contribution in [3.8, 4) is 11.5 Å². The Hall–Kier alpha value is -2.34. The molecule has 0 fully saturated rings. The number of methoxy groups -OCH3 is 1. The fraction of sp³-hybridized carbons (Fsp3) is 0.286. The molecule has 3 rings (SSSR count). The zero-order chi connectivity index (χ0) is 19.4. The molecule has 0 N–H and O–H groups in total. The summed E-state index contributed by atoms with van der Waals surface area (Å²) in [6, 6.07) is 10.5. The zero-order valence-corrected chi connectivity index (χ0v) is 16.9. The molecular formula is C21H21BrFNO3. The summed E-state index contributed by atoms with van der Waals surface area (Å²) >= 11 is 3.23. The van der Waals surface area contributed by atoms with Crippen LogP contribution in [0.1, 0.15) is 24.5 Å². The number of carbonyl (C=O) groups is 1. The van der Waals surface area contributed by atoms with E-state index in [1.807, 2.05) is 31.2 Å². The van der Waals surface area contributed by atoms with Crippen molar-refractivity contribution >= 4 is 39.2 Å². The van der Waals surface area contributed by atoms with Gasteiger partial charge in [0.15, 0.2) is 0 Å². The fourth-order valence-electron chi connectivity index (χ4n) is 3.04. The number of amides is 1. The molecule has 0 spiro atoms. The van der Waals surface area contributed by atoms with E-state index in [0.29, 0.717) is 30.2 Å². The molecule has 0 saturated carbocycles. The molecule has 0 saturated heterocycles. The normalized spacial score (nSPS) is 13.0. The Morgan fingerprint density at radius 2 is 1.96 bits per heavy atom. The van der Waals surface area contributed by atoms with Crippen molar-refractivity contribution in [2.75, 3.05) is 30.5 Å². The van der Waals surface area contributed by atoms with Crippen LogP contribution < -0.4 is 14.4 Å². The second kappa shape index (κ2) is 8.57. The van der Waals surface area contributed by atoms with E-state index in [0.717, 1.165) is 23.3 Å². The lowest BCUT2D eigenvalue weighted by atomic mass is 9.96. The number of fused-ring (bicyclic) bond motifs is 1. The molecule has 2 aromatic rings. The highest BCUT2D eigenvalue weighted by Crippen LogP contribution is 2.41. The number of anilines is 1. The van der Waals surface area contributed by atoms with Crippen LogP contribution >= 0.6 is 15.9 Å². The third-order valence-corrected chi connectivity index (χ3v) is 4.86. The molecule has 1 aliphatic rings. The van der Waals surface area contributed by atoms with Gasteiger partial charge in [-0.05, 0) is 47.9 Å². The Bertz CT molecular complexity index is 864. The van der Waals surface area contributed by atoms with Crippen LogP contribution in [0.4, 0.5) is 10.1 Å². The van der Waals surface area contributed by atoms with Crippen molar-refractivity contribution in [2.45, 2.75) is 13.3 Å². The summed E-state index contributed by atoms with van der Waals surface area (Å²) in [4.78, 5) is 14.2. The van der Waals surface area contributed by atoms with E-state index in [4.69, 9.17) is 9.47 Å². The van der Waals surface area contributed by atoms with Gasteiger partial charge >= 0.3 is 0 Å². The average Bonchev–Trinajstić information content (AvgIpc) is 2.72. The highest BCUT2D eigenvalue weighted by atomic mass is 79.9. The molecule has 0 radical (unpaired) electrons. The number of hydrogen-bond acceptors (Lipinski definition) is 3. The van der Waals surface area contributed by atoms with Crippen molar-refractivity contribution in [3.63, 3.8) is 0 Å². The predicted molar refractivity (Wildman–Crippen MR) is 109 cm³/mol. The lowest BCUT2D eigenvalue weighted by molar-refractivity contribution is -0.116. The van der Waals surface area contributed by atoms with Crippen molar-refractivity contribution in [3.05, 3.63) is 53.3 Å². The van der Waals surface area contributed by atoms with E-state index in [2.05, 4.69) is 15.9 Å². The van der Waals surface area contributed by atoms with Gasteiger partial charge < -0.3 is 14.4 Å². The molecular weight excluding hydrogens is 413 g/mol. The number of carbonyl (C=O) groups excluding carboxylic acids is 1. The maximum Gasteiger partial charge on any atom is 0.238 e. The summed E-state index contributed by atoms with van der Waals surface area (Å²) in [5.41, 5.74) is 2.62. The Morgan fingerprint density at radius 3 is 2.59 bits per heavy atom. The van der Waals surface area contributed by atoms with Crippen LogP contribution in [0.3, 0.4) is 0 Å². The summed E-state index contributed by atoms with van der Waals surface area (Å²) < 4.78 is 25.6. The molecule has 1 amide bonds. The van der Waals surface area contributed by atoms with Gasteiger partial charge in [0.05, 0.1) is 31.3 Å². The van der Waals surface area contributed by atoms with Gasteiger partial charge in [0.1, 0.15) is 17.3 Å². The van der Waals surface area contributed by atoms with Crippen LogP contribution in [-0.2, 0) is 4.79 Å². The van der Waals surface area contributed by atoms with E-state index in [1.54, 1.807) is 24.2 Å². The quantitative estimate of drug-likeness (QED) is 0.607. The van der Waals surface area contributed by atoms with Gasteiger partial charge in [-0.1, -0.05) is 35.0 Å². The maximum absolute atomic E-state index is 14.7. The van der Waals surface area contributed by atoms with E-state index < -0.39 is 0 Å². The van der Waals surface area contributed by atoms with Crippen LogP contribution in [0, 0.1) is 5.82 Å². The Kier molecular flexibility index (Phi) is 6.16. The van der Waals surface area contributed by atoms with Crippen molar-refractivity contribution in [1.29, 1.82) is 0 Å². The van der Waals surface area contributed by atoms with Gasteiger partial charge in [-0.25, -0.2) is 4.39 Å². The minimum absolute atomic E-state index is 0.145. The Labute approximate surface area is 166 Å². The summed E-state index contributed by atoms with van der Waals surface area (Å²) in [6.45, 7) is 2.85. The third kappa shape index (κ3) is 4.00. The summed E-state index contributed by atoms with van der Waals surface area (Å²) in [5, 5.41) is 0.145. The fourth-order valence-corrected chi connectivity index (χ4v) is 3.34. The van der Waals surface area contributed by atoms with Crippen LogP contribution in [0.15, 0.2) is 36.4 Å². The van der Waals surface area contributed by atoms with E-state index in [9.17, 15) is 9.18 Å². The number of nitrogens with zero attached hydrogens (tertiary/aromatic N) is 1. The van der Waals surface area contributed by atoms with Crippen LogP contribution in [0.5, 0.6) is 11.5 Å². The van der Waals surface area contributed by atoms with E-state index in [1.165, 1.54) is 6.07 Å². The topological polar surface area (TPSA) is 38.8 Å². The molecule has 0 atom stereocenters. The van der Waals surface area contributed by atoms with Crippen molar-refractivity contribution < 1.29 is 18.7 Å². The lowest BCUT2D eigenvalue weighted by Gasteiger charge is -2.31. The standard InChI is InChI=1S/C21H21BrFNO3/c1-3-10-27-19-9-8-18(23)17-11-15(13-24(21(17)19)20(25)12-22)14-4-6-16(26-2)7-5-14/h4-9,11H,3,10,12-13H2,1-2H3. The summed E-state index contributed by atoms with van der Waals surface area (Å²) in [6.07, 6.45) is 2.62. The van der Waals surface area contributed by atoms with Gasteiger partial charge in [0.25, 0.3) is 0 Å². The minimum atomic E-state index is -0.382. The molecule has 0 unspecified atom stereocenters. The zero-order valence-electron chi connectivity index (χ0n) is 15.3. The molecule has 27 heavy (non-hydrogen) atoms. The van der Waals surface area contributed by atoms with Gasteiger partial charge in [0, 0.05) is 5.56 Å². The molecule has 142 valence electrons. The number of benzene rings is 2. The first-order chi connectivity index (χ1) is 13.1. The number of ether oxygens (including phenoxy) is 2. The van der Waals surface area contributed by atoms with Crippen LogP contribution in [-0.4, -0.2) is 31.5 Å². The van der Waals surface area contributed by atoms with Crippen molar-refractivity contribution in [1.82, 2.24) is 0 Å². The average molecular weight is 434 g/mol. The molecule has 1 heterocycles. The largest absolute Gasteiger partial charge is 0.497 e. The first-order valence-corrected chi connectivity index (χ1v) is 9.87. The highest BCUT2D eigenvalue weighted by molar-refractivity contribution is 9.09. The second-order valence-electron chi connectivity index (χ2n) is 6.17. The molecule has 2 aromatic carbocycles. The monoisotopic (exact) mass is 433 g/mol. The second-order valence-corrected chi connectivity index (χ2v) is 6.73. The molecule has 0 aliphatic carbocycles. The maximum atomic E-state index is 14.7. The predicted octanol–water partition coefficient (Wildman–Crippen LogP) is 4.91. The molecule has 0 aromatic heterocycles. The first-order valence-electron chi connectivity index (χ1n) is 8.75. The van der Waals surface area contributed by atoms with Crippen LogP contribution in [0.2, 0.25) is 0 Å². The van der Waals surface area contributed by atoms with Crippen molar-refractivity contribution in [2.24, 2.45) is 0 Å². The number of hydrogen-bond donors (Lipinski definition) is 0. The Balaban J connectivity index is 2.11. The smallest absolute Gasteiger partial charge is 0.238 e. The number of halogens is 2. The van der Waals surface area contributed by atoms with E-state index in [-0.39, 0.29) is 17.1 Å². The third-order valence-electron chi connectivity index (χ3n) is 4.38. The van der Waals surface area contributed by atoms with Gasteiger partial charge in [-0.15, -0.1) is 0 Å². The van der Waals surface area contributed by atoms with E-state index >= 15 is 0 Å². The minimum Gasteiger partial charge on any atom is -0.497 e.